The van der Waals surface area contributed by atoms with Gasteiger partial charge in [0.2, 0.25) is 0 Å². The van der Waals surface area contributed by atoms with Gasteiger partial charge in [0.1, 0.15) is 0 Å². The fraction of sp³-hybridized carbons (Fsp3) is 0.647. The van der Waals surface area contributed by atoms with E-state index in [4.69, 9.17) is 0 Å². The molecule has 2 atom stereocenters. The number of hydrogen-bond acceptors (Lipinski definition) is 2. The van der Waals surface area contributed by atoms with Crippen molar-refractivity contribution >= 4 is 0 Å². The van der Waals surface area contributed by atoms with Crippen LogP contribution in [0.4, 0.5) is 0 Å². The van der Waals surface area contributed by atoms with Crippen molar-refractivity contribution in [2.45, 2.75) is 44.7 Å². The second-order valence-corrected chi connectivity index (χ2v) is 6.70. The lowest BCUT2D eigenvalue weighted by molar-refractivity contribution is 0.00915. The highest BCUT2D eigenvalue weighted by molar-refractivity contribution is 5.26. The molecule has 0 amide bonds. The van der Waals surface area contributed by atoms with Crippen LogP contribution in [-0.4, -0.2) is 30.1 Å². The summed E-state index contributed by atoms with van der Waals surface area (Å²) < 4.78 is 0. The van der Waals surface area contributed by atoms with Crippen LogP contribution in [0.3, 0.4) is 0 Å². The van der Waals surface area contributed by atoms with Crippen LogP contribution in [0.15, 0.2) is 30.3 Å². The van der Waals surface area contributed by atoms with E-state index >= 15 is 0 Å². The predicted molar refractivity (Wildman–Crippen MR) is 80.2 cm³/mol. The van der Waals surface area contributed by atoms with E-state index in [1.54, 1.807) is 0 Å². The first-order valence-electron chi connectivity index (χ1n) is 7.64. The van der Waals surface area contributed by atoms with E-state index in [-0.39, 0.29) is 5.54 Å². The lowest BCUT2D eigenvalue weighted by Crippen LogP contribution is -2.67. The second kappa shape index (κ2) is 4.60. The molecular formula is C17H26N2. The molecule has 0 aromatic heterocycles. The molecule has 2 unspecified atom stereocenters. The molecule has 0 radical (unpaired) electrons. The van der Waals surface area contributed by atoms with Gasteiger partial charge in [-0.15, -0.1) is 0 Å². The monoisotopic (exact) mass is 258 g/mol. The summed E-state index contributed by atoms with van der Waals surface area (Å²) in [6, 6.07) is 10.9. The number of nitrogens with zero attached hydrogens (tertiary/aromatic N) is 1. The van der Waals surface area contributed by atoms with Crippen molar-refractivity contribution in [1.29, 1.82) is 0 Å². The summed E-state index contributed by atoms with van der Waals surface area (Å²) in [6.45, 7) is 10.5. The molecule has 0 bridgehead atoms. The minimum atomic E-state index is 0.0890. The molecule has 1 heterocycles. The van der Waals surface area contributed by atoms with Crippen LogP contribution in [0.5, 0.6) is 0 Å². The average molecular weight is 258 g/mol. The number of piperazine rings is 1. The Morgan fingerprint density at radius 3 is 2.47 bits per heavy atom. The van der Waals surface area contributed by atoms with Crippen molar-refractivity contribution in [2.24, 2.45) is 5.92 Å². The van der Waals surface area contributed by atoms with Crippen LogP contribution in [0.25, 0.3) is 0 Å². The van der Waals surface area contributed by atoms with Crippen molar-refractivity contribution in [3.63, 3.8) is 0 Å². The molecule has 19 heavy (non-hydrogen) atoms. The van der Waals surface area contributed by atoms with Crippen molar-refractivity contribution in [2.75, 3.05) is 19.6 Å². The van der Waals surface area contributed by atoms with Gasteiger partial charge in [-0.05, 0) is 44.7 Å². The molecule has 1 aliphatic heterocycles. The highest BCUT2D eigenvalue weighted by Crippen LogP contribution is 2.45. The Labute approximate surface area is 117 Å². The number of hydrogen-bond donors (Lipinski definition) is 1. The fourth-order valence-electron chi connectivity index (χ4n) is 3.68. The highest BCUT2D eigenvalue weighted by atomic mass is 15.3. The van der Waals surface area contributed by atoms with Gasteiger partial charge in [-0.2, -0.15) is 0 Å². The molecule has 1 aromatic rings. The normalized spacial score (nSPS) is 36.4. The maximum absolute atomic E-state index is 3.85. The van der Waals surface area contributed by atoms with Gasteiger partial charge in [-0.25, -0.2) is 0 Å². The Balaban J connectivity index is 1.84. The first kappa shape index (κ1) is 13.1. The Morgan fingerprint density at radius 1 is 1.21 bits per heavy atom. The molecule has 1 aliphatic carbocycles. The van der Waals surface area contributed by atoms with Crippen molar-refractivity contribution in [3.05, 3.63) is 35.9 Å². The molecule has 104 valence electrons. The zero-order valence-electron chi connectivity index (χ0n) is 12.4. The van der Waals surface area contributed by atoms with E-state index in [2.05, 4.69) is 61.3 Å². The second-order valence-electron chi connectivity index (χ2n) is 6.70. The number of rotatable bonds is 3. The van der Waals surface area contributed by atoms with Gasteiger partial charge in [-0.1, -0.05) is 37.3 Å². The van der Waals surface area contributed by atoms with E-state index in [0.717, 1.165) is 25.6 Å². The lowest BCUT2D eigenvalue weighted by atomic mass is 9.82. The third-order valence-electron chi connectivity index (χ3n) is 5.32. The third-order valence-corrected chi connectivity index (χ3v) is 5.32. The largest absolute Gasteiger partial charge is 0.305 e. The van der Waals surface area contributed by atoms with E-state index in [0.29, 0.717) is 5.54 Å². The van der Waals surface area contributed by atoms with Crippen LogP contribution in [0.2, 0.25) is 0 Å². The molecule has 3 rings (SSSR count). The van der Waals surface area contributed by atoms with Gasteiger partial charge < -0.3 is 5.32 Å². The molecule has 2 aliphatic rings. The Morgan fingerprint density at radius 2 is 1.89 bits per heavy atom. The first-order chi connectivity index (χ1) is 9.08. The molecule has 1 aromatic carbocycles. The minimum absolute atomic E-state index is 0.0890. The van der Waals surface area contributed by atoms with E-state index in [1.807, 2.05) is 0 Å². The van der Waals surface area contributed by atoms with Crippen LogP contribution >= 0.6 is 0 Å². The topological polar surface area (TPSA) is 15.3 Å². The summed E-state index contributed by atoms with van der Waals surface area (Å²) in [5.41, 5.74) is 1.86. The third kappa shape index (κ3) is 2.21. The van der Waals surface area contributed by atoms with Crippen molar-refractivity contribution < 1.29 is 0 Å². The summed E-state index contributed by atoms with van der Waals surface area (Å²) in [5, 5.41) is 3.85. The van der Waals surface area contributed by atoms with Gasteiger partial charge >= 0.3 is 0 Å². The SMILES string of the molecule is CCN1CC(C)(c2ccccc2)NCC1(C)C1CC1. The number of benzene rings is 1. The highest BCUT2D eigenvalue weighted by Gasteiger charge is 2.50. The van der Waals surface area contributed by atoms with Crippen LogP contribution in [0.1, 0.15) is 39.2 Å². The van der Waals surface area contributed by atoms with Gasteiger partial charge in [0.05, 0.1) is 5.54 Å². The summed E-state index contributed by atoms with van der Waals surface area (Å²) in [5.74, 6) is 0.903. The maximum atomic E-state index is 3.85. The lowest BCUT2D eigenvalue weighted by Gasteiger charge is -2.52. The zero-order valence-corrected chi connectivity index (χ0v) is 12.4. The Hall–Kier alpha value is -0.860. The molecule has 0 spiro atoms. The number of nitrogens with one attached hydrogen (secondary N) is 1. The minimum Gasteiger partial charge on any atom is -0.305 e. The van der Waals surface area contributed by atoms with E-state index < -0.39 is 0 Å². The maximum Gasteiger partial charge on any atom is 0.0535 e. The van der Waals surface area contributed by atoms with Crippen LogP contribution < -0.4 is 5.32 Å². The Bertz CT molecular complexity index is 440. The van der Waals surface area contributed by atoms with Crippen molar-refractivity contribution in [1.82, 2.24) is 10.2 Å². The standard InChI is InChI=1S/C17H26N2/c1-4-19-13-16(2,14-8-6-5-7-9-14)18-12-17(19,3)15-10-11-15/h5-9,15,18H,4,10-13H2,1-3H3. The molecule has 2 nitrogen and oxygen atoms in total. The summed E-state index contributed by atoms with van der Waals surface area (Å²) in [7, 11) is 0. The smallest absolute Gasteiger partial charge is 0.0535 e. The van der Waals surface area contributed by atoms with Crippen LogP contribution in [-0.2, 0) is 5.54 Å². The van der Waals surface area contributed by atoms with Gasteiger partial charge in [0.15, 0.2) is 0 Å². The van der Waals surface area contributed by atoms with E-state index in [9.17, 15) is 0 Å². The molecule has 1 saturated heterocycles. The predicted octanol–water partition coefficient (Wildman–Crippen LogP) is 3.00. The molecule has 1 saturated carbocycles. The zero-order chi connectivity index (χ0) is 13.5. The fourth-order valence-corrected chi connectivity index (χ4v) is 3.68. The summed E-state index contributed by atoms with van der Waals surface area (Å²) in [6.07, 6.45) is 2.83. The van der Waals surface area contributed by atoms with Gasteiger partial charge in [0.25, 0.3) is 0 Å². The molecular weight excluding hydrogens is 232 g/mol. The molecule has 2 heteroatoms. The van der Waals surface area contributed by atoms with Crippen LogP contribution in [0, 0.1) is 5.92 Å². The summed E-state index contributed by atoms with van der Waals surface area (Å²) >= 11 is 0. The number of likely N-dealkylation sites (N-methyl/N-ethyl adjacent to an activating group) is 1. The first-order valence-corrected chi connectivity index (χ1v) is 7.64. The average Bonchev–Trinajstić information content (AvgIpc) is 3.28. The van der Waals surface area contributed by atoms with Gasteiger partial charge in [0, 0.05) is 18.6 Å². The van der Waals surface area contributed by atoms with Crippen molar-refractivity contribution in [3.8, 4) is 0 Å². The molecule has 1 N–H and O–H groups in total. The van der Waals surface area contributed by atoms with E-state index in [1.165, 1.54) is 18.4 Å². The quantitative estimate of drug-likeness (QED) is 0.896. The summed E-state index contributed by atoms with van der Waals surface area (Å²) in [4.78, 5) is 2.70. The Kier molecular flexibility index (Phi) is 3.18. The van der Waals surface area contributed by atoms with Gasteiger partial charge in [-0.3, -0.25) is 4.90 Å². The molecule has 2 fully saturated rings.